The second-order valence-corrected chi connectivity index (χ2v) is 8.19. The number of allylic oxidation sites excluding steroid dienone is 2. The number of ether oxygens (including phenoxy) is 1. The van der Waals surface area contributed by atoms with Crippen molar-refractivity contribution in [2.45, 2.75) is 13.3 Å². The van der Waals surface area contributed by atoms with Crippen LogP contribution in [0.5, 0.6) is 6.01 Å². The number of nitrogens with two attached hydrogens (primary N) is 1. The van der Waals surface area contributed by atoms with Crippen LogP contribution in [0.3, 0.4) is 0 Å². The van der Waals surface area contributed by atoms with E-state index in [2.05, 4.69) is 46.7 Å². The van der Waals surface area contributed by atoms with Gasteiger partial charge in [0.25, 0.3) is 6.01 Å². The Morgan fingerprint density at radius 3 is 2.94 bits per heavy atom. The number of primary amides is 1. The lowest BCUT2D eigenvalue weighted by Crippen LogP contribution is -2.13. The van der Waals surface area contributed by atoms with Crippen molar-refractivity contribution in [1.82, 2.24) is 9.97 Å². The van der Waals surface area contributed by atoms with E-state index in [9.17, 15) is 4.79 Å². The Balaban J connectivity index is 1.52. The van der Waals surface area contributed by atoms with Crippen molar-refractivity contribution < 1.29 is 9.53 Å². The van der Waals surface area contributed by atoms with Gasteiger partial charge in [0.1, 0.15) is 6.61 Å². The molecule has 32 heavy (non-hydrogen) atoms. The third kappa shape index (κ3) is 4.27. The molecule has 1 aliphatic heterocycles. The maximum atomic E-state index is 11.4. The first-order valence-corrected chi connectivity index (χ1v) is 10.7. The van der Waals surface area contributed by atoms with Gasteiger partial charge < -0.3 is 20.4 Å². The summed E-state index contributed by atoms with van der Waals surface area (Å²) in [6.45, 7) is 6.71. The van der Waals surface area contributed by atoms with Crippen LogP contribution in [-0.4, -0.2) is 36.1 Å². The number of benzene rings is 2. The van der Waals surface area contributed by atoms with Crippen LogP contribution in [0.4, 0.5) is 5.69 Å². The van der Waals surface area contributed by atoms with E-state index in [1.54, 1.807) is 19.1 Å². The summed E-state index contributed by atoms with van der Waals surface area (Å²) in [5.74, 6) is -0.511. The maximum absolute atomic E-state index is 11.4. The minimum Gasteiger partial charge on any atom is -0.461 e. The lowest BCUT2D eigenvalue weighted by atomic mass is 10.0. The Hall–Kier alpha value is -3.51. The monoisotopic (exact) mass is 448 g/mol. The Morgan fingerprint density at radius 1 is 1.38 bits per heavy atom. The third-order valence-corrected chi connectivity index (χ3v) is 5.96. The zero-order valence-corrected chi connectivity index (χ0v) is 18.9. The number of nitrogens with zero attached hydrogens (tertiary/aromatic N) is 2. The molecular formula is C25H25ClN4O2. The van der Waals surface area contributed by atoms with Gasteiger partial charge in [0.15, 0.2) is 0 Å². The molecule has 2 aromatic carbocycles. The molecular weight excluding hydrogens is 424 g/mol. The van der Waals surface area contributed by atoms with Gasteiger partial charge in [-0.1, -0.05) is 36.4 Å². The first kappa shape index (κ1) is 21.7. The molecule has 2 heterocycles. The van der Waals surface area contributed by atoms with Crippen LogP contribution in [0.1, 0.15) is 12.5 Å². The molecule has 1 amide bonds. The van der Waals surface area contributed by atoms with Gasteiger partial charge in [0.2, 0.25) is 5.91 Å². The van der Waals surface area contributed by atoms with E-state index in [0.29, 0.717) is 16.6 Å². The second kappa shape index (κ2) is 8.93. The Labute approximate surface area is 192 Å². The van der Waals surface area contributed by atoms with Gasteiger partial charge in [0, 0.05) is 30.4 Å². The van der Waals surface area contributed by atoms with E-state index in [0.717, 1.165) is 40.7 Å². The highest BCUT2D eigenvalue weighted by atomic mass is 35.5. The molecule has 1 aromatic heterocycles. The average Bonchev–Trinajstić information content (AvgIpc) is 3.33. The molecule has 164 valence electrons. The molecule has 3 aromatic rings. The molecule has 0 saturated carbocycles. The van der Waals surface area contributed by atoms with E-state index in [-0.39, 0.29) is 6.61 Å². The number of H-pyrrole nitrogens is 1. The summed E-state index contributed by atoms with van der Waals surface area (Å²) >= 11 is 6.60. The van der Waals surface area contributed by atoms with E-state index in [1.165, 1.54) is 17.3 Å². The quantitative estimate of drug-likeness (QED) is 0.401. The number of likely N-dealkylation sites (N-methyl/N-ethyl adjacent to an activating group) is 1. The summed E-state index contributed by atoms with van der Waals surface area (Å²) in [4.78, 5) is 21.3. The van der Waals surface area contributed by atoms with Crippen LogP contribution in [0.15, 0.2) is 66.3 Å². The number of amides is 1. The second-order valence-electron chi connectivity index (χ2n) is 7.78. The van der Waals surface area contributed by atoms with Gasteiger partial charge >= 0.3 is 0 Å². The fraction of sp³-hybridized carbons (Fsp3) is 0.200. The summed E-state index contributed by atoms with van der Waals surface area (Å²) in [5.41, 5.74) is 12.6. The highest BCUT2D eigenvalue weighted by molar-refractivity contribution is 6.34. The Bertz CT molecular complexity index is 1270. The van der Waals surface area contributed by atoms with Gasteiger partial charge in [-0.2, -0.15) is 4.98 Å². The minimum absolute atomic E-state index is 0.277. The molecule has 0 unspecified atom stereocenters. The number of aromatic nitrogens is 2. The molecule has 7 heteroatoms. The lowest BCUT2D eigenvalue weighted by molar-refractivity contribution is -0.114. The SMILES string of the molecule is C=C/C(C(N)=O)=C(C)\C=C/COc1nc2cc(-c3ccc4c(c3)CCN4C)c(Cl)cc2[nH]1. The van der Waals surface area contributed by atoms with Crippen molar-refractivity contribution in [2.24, 2.45) is 5.73 Å². The van der Waals surface area contributed by atoms with Crippen LogP contribution >= 0.6 is 11.6 Å². The molecule has 3 N–H and O–H groups in total. The van der Waals surface area contributed by atoms with E-state index in [4.69, 9.17) is 22.1 Å². The summed E-state index contributed by atoms with van der Waals surface area (Å²) < 4.78 is 5.71. The zero-order valence-electron chi connectivity index (χ0n) is 18.1. The number of carbonyl (C=O) groups excluding carboxylic acids is 1. The molecule has 1 aliphatic rings. The van der Waals surface area contributed by atoms with E-state index < -0.39 is 5.91 Å². The number of fused-ring (bicyclic) bond motifs is 2. The van der Waals surface area contributed by atoms with Crippen molar-refractivity contribution in [3.63, 3.8) is 0 Å². The first-order chi connectivity index (χ1) is 15.4. The number of hydrogen-bond donors (Lipinski definition) is 2. The number of imidazole rings is 1. The molecule has 0 spiro atoms. The molecule has 0 bridgehead atoms. The number of halogens is 1. The summed E-state index contributed by atoms with van der Waals surface area (Å²) in [6, 6.07) is 10.7. The van der Waals surface area contributed by atoms with Gasteiger partial charge in [-0.25, -0.2) is 0 Å². The lowest BCUT2D eigenvalue weighted by Gasteiger charge is -2.12. The zero-order chi connectivity index (χ0) is 22.8. The number of anilines is 1. The molecule has 6 nitrogen and oxygen atoms in total. The van der Waals surface area contributed by atoms with Crippen LogP contribution in [0, 0.1) is 0 Å². The predicted molar refractivity (Wildman–Crippen MR) is 130 cm³/mol. The number of nitrogens with one attached hydrogen (secondary N) is 1. The molecule has 0 radical (unpaired) electrons. The van der Waals surface area contributed by atoms with Crippen LogP contribution < -0.4 is 15.4 Å². The summed E-state index contributed by atoms with van der Waals surface area (Å²) in [6.07, 6.45) is 6.04. The number of hydrogen-bond acceptors (Lipinski definition) is 4. The fourth-order valence-corrected chi connectivity index (χ4v) is 4.20. The van der Waals surface area contributed by atoms with Gasteiger partial charge in [-0.15, -0.1) is 0 Å². The van der Waals surface area contributed by atoms with Gasteiger partial charge in [-0.05, 0) is 60.4 Å². The third-order valence-electron chi connectivity index (χ3n) is 5.65. The Morgan fingerprint density at radius 2 is 2.19 bits per heavy atom. The smallest absolute Gasteiger partial charge is 0.294 e. The summed E-state index contributed by atoms with van der Waals surface area (Å²) in [7, 11) is 2.11. The molecule has 0 atom stereocenters. The van der Waals surface area contributed by atoms with Crippen molar-refractivity contribution in [2.75, 3.05) is 25.1 Å². The maximum Gasteiger partial charge on any atom is 0.294 e. The van der Waals surface area contributed by atoms with Crippen LogP contribution in [0.2, 0.25) is 5.02 Å². The number of carbonyl (C=O) groups is 1. The molecule has 0 saturated heterocycles. The first-order valence-electron chi connectivity index (χ1n) is 10.3. The molecule has 0 fully saturated rings. The highest BCUT2D eigenvalue weighted by Gasteiger charge is 2.17. The number of rotatable bonds is 7. The van der Waals surface area contributed by atoms with Gasteiger partial charge in [-0.3, -0.25) is 4.79 Å². The van der Waals surface area contributed by atoms with Crippen molar-refractivity contribution in [1.29, 1.82) is 0 Å². The van der Waals surface area contributed by atoms with Crippen LogP contribution in [-0.2, 0) is 11.2 Å². The van der Waals surface area contributed by atoms with Crippen molar-refractivity contribution in [3.8, 4) is 17.1 Å². The fourth-order valence-electron chi connectivity index (χ4n) is 3.93. The predicted octanol–water partition coefficient (Wildman–Crippen LogP) is 4.80. The average molecular weight is 449 g/mol. The normalized spacial score (nSPS) is 14.0. The summed E-state index contributed by atoms with van der Waals surface area (Å²) in [5, 5.41) is 0.656. The van der Waals surface area contributed by atoms with Crippen LogP contribution in [0.25, 0.3) is 22.2 Å². The van der Waals surface area contributed by atoms with Gasteiger partial charge in [0.05, 0.1) is 16.1 Å². The molecule has 0 aliphatic carbocycles. The Kier molecular flexibility index (Phi) is 6.06. The van der Waals surface area contributed by atoms with E-state index in [1.807, 2.05) is 12.1 Å². The van der Waals surface area contributed by atoms with Crippen molar-refractivity contribution in [3.05, 3.63) is 76.9 Å². The minimum atomic E-state index is -0.511. The standard InChI is InChI=1S/C25H25ClN4O2/c1-4-18(24(27)31)15(2)6-5-11-32-25-28-21-13-19(20(26)14-22(21)29-25)16-7-8-23-17(12-16)9-10-30(23)3/h4-8,12-14H,1,9-11H2,2-3H3,(H2,27,31)(H,28,29)/b6-5-,18-15+. The van der Waals surface area contributed by atoms with E-state index >= 15 is 0 Å². The number of aromatic amines is 1. The topological polar surface area (TPSA) is 84.2 Å². The largest absolute Gasteiger partial charge is 0.461 e. The van der Waals surface area contributed by atoms with Crippen molar-refractivity contribution >= 4 is 34.2 Å². The molecule has 4 rings (SSSR count). The highest BCUT2D eigenvalue weighted by Crippen LogP contribution is 2.36.